The Hall–Kier alpha value is -0.650. The molecule has 1 aromatic carbocycles. The van der Waals surface area contributed by atoms with Gasteiger partial charge in [0.05, 0.1) is 10.8 Å². The Bertz CT molecular complexity index is 560. The van der Waals surface area contributed by atoms with Gasteiger partial charge in [0.2, 0.25) is 10.0 Å². The average Bonchev–Trinajstić information content (AvgIpc) is 2.37. The standard InChI is InChI=1S/C14H21ClFNO2S/c1-10(2)7-11(3)17(4)20(18,19)13-5-6-14(16)12(8-13)9-15/h5-6,8,10-11H,7,9H2,1-4H3. The van der Waals surface area contributed by atoms with Gasteiger partial charge >= 0.3 is 0 Å². The number of nitrogens with zero attached hydrogens (tertiary/aromatic N) is 1. The topological polar surface area (TPSA) is 37.4 Å². The molecule has 0 saturated heterocycles. The first-order valence-corrected chi connectivity index (χ1v) is 8.50. The monoisotopic (exact) mass is 321 g/mol. The minimum atomic E-state index is -3.63. The Morgan fingerprint density at radius 1 is 1.30 bits per heavy atom. The predicted octanol–water partition coefficient (Wildman–Crippen LogP) is 3.62. The van der Waals surface area contributed by atoms with Crippen molar-refractivity contribution in [2.45, 2.75) is 44.0 Å². The molecular weight excluding hydrogens is 301 g/mol. The lowest BCUT2D eigenvalue weighted by molar-refractivity contribution is 0.338. The molecule has 0 aliphatic heterocycles. The molecule has 1 unspecified atom stereocenters. The molecule has 0 radical (unpaired) electrons. The maximum absolute atomic E-state index is 13.4. The number of sulfonamides is 1. The molecule has 0 amide bonds. The van der Waals surface area contributed by atoms with Gasteiger partial charge in [-0.2, -0.15) is 4.31 Å². The Morgan fingerprint density at radius 3 is 2.40 bits per heavy atom. The van der Waals surface area contributed by atoms with E-state index in [1.807, 2.05) is 20.8 Å². The van der Waals surface area contributed by atoms with Crippen molar-refractivity contribution in [3.05, 3.63) is 29.6 Å². The lowest BCUT2D eigenvalue weighted by atomic mass is 10.1. The van der Waals surface area contributed by atoms with Gasteiger partial charge in [0, 0.05) is 18.7 Å². The van der Waals surface area contributed by atoms with E-state index in [4.69, 9.17) is 11.6 Å². The van der Waals surface area contributed by atoms with Crippen LogP contribution in [0.1, 0.15) is 32.8 Å². The van der Waals surface area contributed by atoms with Crippen molar-refractivity contribution in [2.24, 2.45) is 5.92 Å². The van der Waals surface area contributed by atoms with Gasteiger partial charge in [0.25, 0.3) is 0 Å². The molecule has 0 aliphatic carbocycles. The minimum Gasteiger partial charge on any atom is -0.207 e. The van der Waals surface area contributed by atoms with E-state index in [2.05, 4.69) is 0 Å². The van der Waals surface area contributed by atoms with E-state index in [1.54, 1.807) is 7.05 Å². The van der Waals surface area contributed by atoms with Crippen molar-refractivity contribution in [1.29, 1.82) is 0 Å². The van der Waals surface area contributed by atoms with Crippen LogP contribution in [-0.2, 0) is 15.9 Å². The van der Waals surface area contributed by atoms with Crippen LogP contribution in [0, 0.1) is 11.7 Å². The summed E-state index contributed by atoms with van der Waals surface area (Å²) in [5.74, 6) is -0.147. The largest absolute Gasteiger partial charge is 0.243 e. The molecule has 0 aliphatic rings. The Labute approximate surface area is 125 Å². The molecule has 0 saturated carbocycles. The van der Waals surface area contributed by atoms with Crippen LogP contribution in [0.3, 0.4) is 0 Å². The maximum Gasteiger partial charge on any atom is 0.243 e. The number of hydrogen-bond donors (Lipinski definition) is 0. The fourth-order valence-electron chi connectivity index (χ4n) is 2.05. The van der Waals surface area contributed by atoms with Crippen molar-refractivity contribution in [3.8, 4) is 0 Å². The molecular formula is C14H21ClFNO2S. The second-order valence-corrected chi connectivity index (χ2v) is 7.65. The molecule has 114 valence electrons. The maximum atomic E-state index is 13.4. The fraction of sp³-hybridized carbons (Fsp3) is 0.571. The van der Waals surface area contributed by atoms with Crippen molar-refractivity contribution in [1.82, 2.24) is 4.31 Å². The van der Waals surface area contributed by atoms with Gasteiger partial charge in [0.15, 0.2) is 0 Å². The van der Waals surface area contributed by atoms with Gasteiger partial charge in [-0.3, -0.25) is 0 Å². The van der Waals surface area contributed by atoms with Crippen molar-refractivity contribution >= 4 is 21.6 Å². The zero-order chi connectivity index (χ0) is 15.5. The molecule has 0 spiro atoms. The van der Waals surface area contributed by atoms with Crippen LogP contribution >= 0.6 is 11.6 Å². The van der Waals surface area contributed by atoms with Gasteiger partial charge in [-0.1, -0.05) is 13.8 Å². The number of benzene rings is 1. The highest BCUT2D eigenvalue weighted by Crippen LogP contribution is 2.22. The van der Waals surface area contributed by atoms with E-state index in [-0.39, 0.29) is 22.4 Å². The van der Waals surface area contributed by atoms with Gasteiger partial charge < -0.3 is 0 Å². The zero-order valence-corrected chi connectivity index (χ0v) is 13.8. The first-order valence-electron chi connectivity index (χ1n) is 6.52. The van der Waals surface area contributed by atoms with Gasteiger partial charge in [-0.05, 0) is 37.5 Å². The second-order valence-electron chi connectivity index (χ2n) is 5.39. The molecule has 0 fully saturated rings. The van der Waals surface area contributed by atoms with Crippen LogP contribution in [-0.4, -0.2) is 25.8 Å². The number of hydrogen-bond acceptors (Lipinski definition) is 2. The Balaban J connectivity index is 3.10. The lowest BCUT2D eigenvalue weighted by Gasteiger charge is -2.25. The Morgan fingerprint density at radius 2 is 1.90 bits per heavy atom. The second kappa shape index (κ2) is 6.87. The van der Waals surface area contributed by atoms with Crippen LogP contribution < -0.4 is 0 Å². The molecule has 6 heteroatoms. The summed E-state index contributed by atoms with van der Waals surface area (Å²) < 4.78 is 39.7. The molecule has 1 atom stereocenters. The van der Waals surface area contributed by atoms with Crippen molar-refractivity contribution < 1.29 is 12.8 Å². The van der Waals surface area contributed by atoms with Gasteiger partial charge in [0.1, 0.15) is 5.82 Å². The summed E-state index contributed by atoms with van der Waals surface area (Å²) in [6.45, 7) is 5.95. The third-order valence-electron chi connectivity index (χ3n) is 3.27. The smallest absolute Gasteiger partial charge is 0.207 e. The van der Waals surface area contributed by atoms with E-state index >= 15 is 0 Å². The van der Waals surface area contributed by atoms with E-state index in [0.29, 0.717) is 5.92 Å². The number of halogens is 2. The van der Waals surface area contributed by atoms with E-state index in [9.17, 15) is 12.8 Å². The van der Waals surface area contributed by atoms with Crippen molar-refractivity contribution in [2.75, 3.05) is 7.05 Å². The van der Waals surface area contributed by atoms with E-state index in [1.165, 1.54) is 16.4 Å². The SMILES string of the molecule is CC(C)CC(C)N(C)S(=O)(=O)c1ccc(F)c(CCl)c1. The molecule has 0 aromatic heterocycles. The first-order chi connectivity index (χ1) is 9.20. The minimum absolute atomic E-state index is 0.0551. The normalized spacial score (nSPS) is 14.0. The summed E-state index contributed by atoms with van der Waals surface area (Å²) in [6.07, 6.45) is 0.763. The highest BCUT2D eigenvalue weighted by atomic mass is 35.5. The molecule has 0 N–H and O–H groups in total. The number of alkyl halides is 1. The predicted molar refractivity (Wildman–Crippen MR) is 79.8 cm³/mol. The van der Waals surface area contributed by atoms with Crippen molar-refractivity contribution in [3.63, 3.8) is 0 Å². The summed E-state index contributed by atoms with van der Waals surface area (Å²) in [6, 6.07) is 3.60. The molecule has 1 rings (SSSR count). The highest BCUT2D eigenvalue weighted by molar-refractivity contribution is 7.89. The summed E-state index contributed by atoms with van der Waals surface area (Å²) >= 11 is 5.62. The average molecular weight is 322 g/mol. The molecule has 0 heterocycles. The van der Waals surface area contributed by atoms with Crippen LogP contribution in [0.15, 0.2) is 23.1 Å². The first kappa shape index (κ1) is 17.4. The quantitative estimate of drug-likeness (QED) is 0.750. The summed E-state index contributed by atoms with van der Waals surface area (Å²) in [5.41, 5.74) is 0.192. The molecule has 20 heavy (non-hydrogen) atoms. The van der Waals surface area contributed by atoms with Gasteiger partial charge in [-0.15, -0.1) is 11.6 Å². The van der Waals surface area contributed by atoms with Gasteiger partial charge in [-0.25, -0.2) is 12.8 Å². The molecule has 1 aromatic rings. The zero-order valence-electron chi connectivity index (χ0n) is 12.2. The van der Waals surface area contributed by atoms with E-state index in [0.717, 1.165) is 12.5 Å². The van der Waals surface area contributed by atoms with Crippen LogP contribution in [0.5, 0.6) is 0 Å². The Kier molecular flexibility index (Phi) is 5.98. The summed E-state index contributed by atoms with van der Waals surface area (Å²) in [7, 11) is -2.08. The fourth-order valence-corrected chi connectivity index (χ4v) is 3.68. The summed E-state index contributed by atoms with van der Waals surface area (Å²) in [5, 5.41) is 0. The lowest BCUT2D eigenvalue weighted by Crippen LogP contribution is -2.36. The van der Waals surface area contributed by atoms with Crippen LogP contribution in [0.4, 0.5) is 4.39 Å². The third kappa shape index (κ3) is 3.93. The third-order valence-corrected chi connectivity index (χ3v) is 5.53. The molecule has 3 nitrogen and oxygen atoms in total. The van der Waals surface area contributed by atoms with Crippen LogP contribution in [0.2, 0.25) is 0 Å². The summed E-state index contributed by atoms with van der Waals surface area (Å²) in [4.78, 5) is 0.0765. The van der Waals surface area contributed by atoms with E-state index < -0.39 is 15.8 Å². The van der Waals surface area contributed by atoms with Crippen LogP contribution in [0.25, 0.3) is 0 Å². The highest BCUT2D eigenvalue weighted by Gasteiger charge is 2.26. The molecule has 0 bridgehead atoms. The number of rotatable bonds is 6.